The summed E-state index contributed by atoms with van der Waals surface area (Å²) in [4.78, 5) is 21.8. The molecule has 0 saturated heterocycles. The Morgan fingerprint density at radius 1 is 1.28 bits per heavy atom. The summed E-state index contributed by atoms with van der Waals surface area (Å²) in [5, 5.41) is 20.9. The molecule has 0 radical (unpaired) electrons. The number of para-hydroxylation sites is 1. The van der Waals surface area contributed by atoms with Crippen molar-refractivity contribution in [2.24, 2.45) is 0 Å². The predicted octanol–water partition coefficient (Wildman–Crippen LogP) is 0.532. The highest BCUT2D eigenvalue weighted by Gasteiger charge is 2.20. The number of carboxylic acids is 1. The third-order valence-corrected chi connectivity index (χ3v) is 1.99. The normalized spacial score (nSPS) is 11.7. The minimum absolute atomic E-state index is 0.697. The number of hydrogen-bond donors (Lipinski definition) is 4. The lowest BCUT2D eigenvalue weighted by atomic mass is 10.3. The molecule has 0 aliphatic heterocycles. The van der Waals surface area contributed by atoms with Gasteiger partial charge >= 0.3 is 12.0 Å². The van der Waals surface area contributed by atoms with E-state index in [0.717, 1.165) is 18.2 Å². The summed E-state index contributed by atoms with van der Waals surface area (Å²) in [7, 11) is 0. The van der Waals surface area contributed by atoms with E-state index < -0.39 is 42.0 Å². The van der Waals surface area contributed by atoms with Crippen LogP contribution in [0.1, 0.15) is 0 Å². The Labute approximate surface area is 100 Å². The first-order valence-corrected chi connectivity index (χ1v) is 4.81. The van der Waals surface area contributed by atoms with E-state index in [0.29, 0.717) is 0 Å². The molecule has 1 atom stereocenters. The number of anilines is 1. The average molecular weight is 260 g/mol. The van der Waals surface area contributed by atoms with Crippen molar-refractivity contribution in [3.05, 3.63) is 29.8 Å². The molecule has 0 aliphatic rings. The van der Waals surface area contributed by atoms with Gasteiger partial charge in [-0.15, -0.1) is 0 Å². The van der Waals surface area contributed by atoms with Gasteiger partial charge in [0.25, 0.3) is 0 Å². The van der Waals surface area contributed by atoms with Gasteiger partial charge in [-0.05, 0) is 12.1 Å². The van der Waals surface area contributed by atoms with E-state index in [-0.39, 0.29) is 0 Å². The van der Waals surface area contributed by atoms with E-state index in [1.54, 1.807) is 0 Å². The monoisotopic (exact) mass is 260 g/mol. The van der Waals surface area contributed by atoms with E-state index in [9.17, 15) is 18.4 Å². The summed E-state index contributed by atoms with van der Waals surface area (Å²) in [5.41, 5.74) is -0.697. The van der Waals surface area contributed by atoms with Gasteiger partial charge < -0.3 is 20.8 Å². The molecule has 1 aromatic rings. The van der Waals surface area contributed by atoms with Crippen molar-refractivity contribution in [3.8, 4) is 0 Å². The molecule has 0 saturated carbocycles. The lowest BCUT2D eigenvalue weighted by Crippen LogP contribution is -2.45. The number of aliphatic hydroxyl groups is 1. The number of carboxylic acid groups (broad SMARTS) is 1. The number of hydrogen-bond acceptors (Lipinski definition) is 3. The Hall–Kier alpha value is -2.22. The van der Waals surface area contributed by atoms with E-state index in [1.165, 1.54) is 0 Å². The van der Waals surface area contributed by atoms with E-state index in [2.05, 4.69) is 0 Å². The van der Waals surface area contributed by atoms with Gasteiger partial charge in [0.05, 0.1) is 6.61 Å². The van der Waals surface area contributed by atoms with Crippen LogP contribution in [0.15, 0.2) is 18.2 Å². The number of nitrogens with one attached hydrogen (secondary N) is 2. The molecule has 0 fully saturated rings. The van der Waals surface area contributed by atoms with Gasteiger partial charge in [-0.25, -0.2) is 18.4 Å². The summed E-state index contributed by atoms with van der Waals surface area (Å²) < 4.78 is 26.3. The Morgan fingerprint density at radius 2 is 1.83 bits per heavy atom. The van der Waals surface area contributed by atoms with Gasteiger partial charge in [0.2, 0.25) is 0 Å². The molecular formula is C10H10F2N2O4. The zero-order valence-electron chi connectivity index (χ0n) is 8.98. The first-order chi connectivity index (χ1) is 8.45. The number of carbonyl (C=O) groups is 2. The van der Waals surface area contributed by atoms with Crippen molar-refractivity contribution >= 4 is 17.7 Å². The number of aliphatic carboxylic acids is 1. The van der Waals surface area contributed by atoms with Crippen LogP contribution in [0.25, 0.3) is 0 Å². The van der Waals surface area contributed by atoms with E-state index in [1.807, 2.05) is 10.6 Å². The molecule has 98 valence electrons. The number of halogens is 2. The molecule has 1 aromatic carbocycles. The van der Waals surface area contributed by atoms with Gasteiger partial charge in [-0.2, -0.15) is 0 Å². The minimum atomic E-state index is -1.56. The molecule has 0 unspecified atom stereocenters. The highest BCUT2D eigenvalue weighted by Crippen LogP contribution is 2.17. The van der Waals surface area contributed by atoms with Crippen LogP contribution in [0.5, 0.6) is 0 Å². The molecule has 0 heterocycles. The summed E-state index contributed by atoms with van der Waals surface area (Å²) >= 11 is 0. The fraction of sp³-hybridized carbons (Fsp3) is 0.200. The first-order valence-electron chi connectivity index (χ1n) is 4.81. The van der Waals surface area contributed by atoms with Crippen molar-refractivity contribution in [1.82, 2.24) is 5.32 Å². The largest absolute Gasteiger partial charge is 0.480 e. The lowest BCUT2D eigenvalue weighted by molar-refractivity contribution is -0.140. The highest BCUT2D eigenvalue weighted by atomic mass is 19.1. The van der Waals surface area contributed by atoms with Gasteiger partial charge in [0.1, 0.15) is 17.3 Å². The Morgan fingerprint density at radius 3 is 2.28 bits per heavy atom. The standard InChI is InChI=1S/C10H10F2N2O4/c11-5-2-1-3-6(12)8(5)14-10(18)13-7(4-15)9(16)17/h1-3,7,15H,4H2,(H,16,17)(H2,13,14,18)/t7-/m0/s1. The topological polar surface area (TPSA) is 98.7 Å². The minimum Gasteiger partial charge on any atom is -0.480 e. The highest BCUT2D eigenvalue weighted by molar-refractivity contribution is 5.92. The predicted molar refractivity (Wildman–Crippen MR) is 57.0 cm³/mol. The molecule has 0 spiro atoms. The zero-order chi connectivity index (χ0) is 13.7. The molecule has 18 heavy (non-hydrogen) atoms. The van der Waals surface area contributed by atoms with Crippen LogP contribution < -0.4 is 10.6 Å². The van der Waals surface area contributed by atoms with Crippen LogP contribution in [0, 0.1) is 11.6 Å². The summed E-state index contributed by atoms with van der Waals surface area (Å²) in [5.74, 6) is -3.47. The van der Waals surface area contributed by atoms with Gasteiger partial charge in [-0.3, -0.25) is 0 Å². The number of benzene rings is 1. The quantitative estimate of drug-likeness (QED) is 0.634. The third-order valence-electron chi connectivity index (χ3n) is 1.99. The smallest absolute Gasteiger partial charge is 0.328 e. The maximum atomic E-state index is 13.1. The van der Waals surface area contributed by atoms with Gasteiger partial charge in [0, 0.05) is 0 Å². The third kappa shape index (κ3) is 3.39. The van der Waals surface area contributed by atoms with Crippen LogP contribution >= 0.6 is 0 Å². The van der Waals surface area contributed by atoms with Crippen LogP contribution in [-0.4, -0.2) is 34.9 Å². The van der Waals surface area contributed by atoms with Gasteiger partial charge in [-0.1, -0.05) is 6.07 Å². The second kappa shape index (κ2) is 5.92. The average Bonchev–Trinajstić information content (AvgIpc) is 2.30. The van der Waals surface area contributed by atoms with Crippen LogP contribution in [0.3, 0.4) is 0 Å². The maximum absolute atomic E-state index is 13.1. The van der Waals surface area contributed by atoms with Crippen molar-refractivity contribution in [2.45, 2.75) is 6.04 Å². The molecule has 0 aliphatic carbocycles. The lowest BCUT2D eigenvalue weighted by Gasteiger charge is -2.13. The van der Waals surface area contributed by atoms with Crippen LogP contribution in [0.4, 0.5) is 19.3 Å². The Balaban J connectivity index is 2.73. The van der Waals surface area contributed by atoms with Gasteiger partial charge in [0.15, 0.2) is 6.04 Å². The molecule has 2 amide bonds. The SMILES string of the molecule is O=C(Nc1c(F)cccc1F)N[C@@H](CO)C(=O)O. The molecular weight excluding hydrogens is 250 g/mol. The number of carbonyl (C=O) groups excluding carboxylic acids is 1. The Bertz CT molecular complexity index is 447. The summed E-state index contributed by atoms with van der Waals surface area (Å²) in [6.45, 7) is -0.845. The number of urea groups is 1. The number of aliphatic hydroxyl groups excluding tert-OH is 1. The van der Waals surface area contributed by atoms with Crippen molar-refractivity contribution in [1.29, 1.82) is 0 Å². The molecule has 0 bridgehead atoms. The van der Waals surface area contributed by atoms with Crippen LogP contribution in [0.2, 0.25) is 0 Å². The van der Waals surface area contributed by atoms with Crippen molar-refractivity contribution in [2.75, 3.05) is 11.9 Å². The fourth-order valence-electron chi connectivity index (χ4n) is 1.11. The zero-order valence-corrected chi connectivity index (χ0v) is 8.98. The second-order valence-electron chi connectivity index (χ2n) is 3.27. The van der Waals surface area contributed by atoms with E-state index >= 15 is 0 Å². The second-order valence-corrected chi connectivity index (χ2v) is 3.27. The first kappa shape index (κ1) is 13.8. The van der Waals surface area contributed by atoms with Crippen molar-refractivity contribution < 1.29 is 28.6 Å². The molecule has 4 N–H and O–H groups in total. The molecule has 8 heteroatoms. The molecule has 0 aromatic heterocycles. The summed E-state index contributed by atoms with van der Waals surface area (Å²) in [6.07, 6.45) is 0. The maximum Gasteiger partial charge on any atom is 0.328 e. The number of amides is 2. The fourth-order valence-corrected chi connectivity index (χ4v) is 1.11. The molecule has 1 rings (SSSR count). The number of rotatable bonds is 4. The summed E-state index contributed by atoms with van der Waals surface area (Å²) in [6, 6.07) is 0.278. The van der Waals surface area contributed by atoms with Crippen molar-refractivity contribution in [3.63, 3.8) is 0 Å². The van der Waals surface area contributed by atoms with E-state index in [4.69, 9.17) is 10.2 Å². The van der Waals surface area contributed by atoms with Crippen LogP contribution in [-0.2, 0) is 4.79 Å². The molecule has 6 nitrogen and oxygen atoms in total. The Kier molecular flexibility index (Phi) is 4.55.